The summed E-state index contributed by atoms with van der Waals surface area (Å²) < 4.78 is 5.62. The van der Waals surface area contributed by atoms with Gasteiger partial charge in [0.2, 0.25) is 5.91 Å². The summed E-state index contributed by atoms with van der Waals surface area (Å²) in [5, 5.41) is 3.04. The number of carbonyl (C=O) groups excluding carboxylic acids is 1. The summed E-state index contributed by atoms with van der Waals surface area (Å²) in [5.74, 6) is 1.42. The third kappa shape index (κ3) is 2.84. The van der Waals surface area contributed by atoms with Crippen molar-refractivity contribution >= 4 is 5.91 Å². The van der Waals surface area contributed by atoms with Crippen LogP contribution < -0.4 is 10.1 Å². The summed E-state index contributed by atoms with van der Waals surface area (Å²) in [4.78, 5) is 11.9. The summed E-state index contributed by atoms with van der Waals surface area (Å²) in [6.07, 6.45) is 0.960. The second kappa shape index (κ2) is 5.01. The Morgan fingerprint density at radius 2 is 2.11 bits per heavy atom. The first-order valence-corrected chi connectivity index (χ1v) is 6.48. The molecule has 1 N–H and O–H groups in total. The maximum atomic E-state index is 11.9. The smallest absolute Gasteiger partial charge is 0.225 e. The van der Waals surface area contributed by atoms with Gasteiger partial charge in [-0.15, -0.1) is 0 Å². The number of hydrogen-bond acceptors (Lipinski definition) is 2. The van der Waals surface area contributed by atoms with Gasteiger partial charge in [-0.2, -0.15) is 0 Å². The molecule has 1 amide bonds. The topological polar surface area (TPSA) is 38.3 Å². The van der Waals surface area contributed by atoms with Crippen molar-refractivity contribution in [2.24, 2.45) is 5.41 Å². The quantitative estimate of drug-likeness (QED) is 0.872. The van der Waals surface area contributed by atoms with Crippen LogP contribution >= 0.6 is 0 Å². The van der Waals surface area contributed by atoms with E-state index in [4.69, 9.17) is 4.74 Å². The van der Waals surface area contributed by atoms with Crippen LogP contribution in [0.5, 0.6) is 5.75 Å². The lowest BCUT2D eigenvalue weighted by Crippen LogP contribution is -2.38. The molecule has 1 aliphatic heterocycles. The number of nitrogens with one attached hydrogen (secondary N) is 1. The molecule has 1 aromatic rings. The molecule has 1 unspecified atom stereocenters. The Morgan fingerprint density at radius 1 is 1.39 bits per heavy atom. The van der Waals surface area contributed by atoms with Crippen molar-refractivity contribution in [3.8, 4) is 5.75 Å². The number of amides is 1. The Hall–Kier alpha value is -1.51. The number of hydrogen-bond donors (Lipinski definition) is 1. The zero-order chi connectivity index (χ0) is 13.2. The molecule has 2 rings (SSSR count). The fourth-order valence-corrected chi connectivity index (χ4v) is 2.11. The zero-order valence-corrected chi connectivity index (χ0v) is 11.3. The lowest BCUT2D eigenvalue weighted by molar-refractivity contribution is -0.128. The van der Waals surface area contributed by atoms with Gasteiger partial charge in [0.25, 0.3) is 0 Å². The molecule has 3 heteroatoms. The van der Waals surface area contributed by atoms with E-state index < -0.39 is 0 Å². The van der Waals surface area contributed by atoms with Crippen LogP contribution in [0.1, 0.15) is 38.7 Å². The SMILES string of the molecule is CC(C)(C)C(=O)NCC1CCOc2ccccc21. The number of rotatable bonds is 2. The molecule has 98 valence electrons. The molecule has 18 heavy (non-hydrogen) atoms. The highest BCUT2D eigenvalue weighted by Gasteiger charge is 2.25. The average Bonchev–Trinajstić information content (AvgIpc) is 2.34. The van der Waals surface area contributed by atoms with Crippen molar-refractivity contribution in [1.29, 1.82) is 0 Å². The number of ether oxygens (including phenoxy) is 1. The van der Waals surface area contributed by atoms with E-state index in [2.05, 4.69) is 11.4 Å². The minimum atomic E-state index is -0.329. The van der Waals surface area contributed by atoms with Crippen LogP contribution in [0.4, 0.5) is 0 Å². The van der Waals surface area contributed by atoms with E-state index in [1.807, 2.05) is 39.0 Å². The zero-order valence-electron chi connectivity index (χ0n) is 11.3. The Bertz CT molecular complexity index is 434. The third-order valence-electron chi connectivity index (χ3n) is 3.27. The highest BCUT2D eigenvalue weighted by atomic mass is 16.5. The van der Waals surface area contributed by atoms with E-state index >= 15 is 0 Å². The number of para-hydroxylation sites is 1. The van der Waals surface area contributed by atoms with E-state index in [0.717, 1.165) is 18.8 Å². The number of carbonyl (C=O) groups is 1. The van der Waals surface area contributed by atoms with E-state index in [9.17, 15) is 4.79 Å². The minimum Gasteiger partial charge on any atom is -0.493 e. The van der Waals surface area contributed by atoms with Crippen LogP contribution in [0.2, 0.25) is 0 Å². The van der Waals surface area contributed by atoms with Gasteiger partial charge in [0.1, 0.15) is 5.75 Å². The van der Waals surface area contributed by atoms with Crippen molar-refractivity contribution in [3.05, 3.63) is 29.8 Å². The van der Waals surface area contributed by atoms with Gasteiger partial charge in [-0.3, -0.25) is 4.79 Å². The fraction of sp³-hybridized carbons (Fsp3) is 0.533. The molecular weight excluding hydrogens is 226 g/mol. The highest BCUT2D eigenvalue weighted by molar-refractivity contribution is 5.81. The maximum Gasteiger partial charge on any atom is 0.225 e. The molecule has 0 saturated heterocycles. The third-order valence-corrected chi connectivity index (χ3v) is 3.27. The largest absolute Gasteiger partial charge is 0.493 e. The molecule has 0 aliphatic carbocycles. The first-order chi connectivity index (χ1) is 8.48. The minimum absolute atomic E-state index is 0.103. The Labute approximate surface area is 109 Å². The number of fused-ring (bicyclic) bond motifs is 1. The summed E-state index contributed by atoms with van der Waals surface area (Å²) in [6, 6.07) is 8.08. The van der Waals surface area contributed by atoms with Crippen LogP contribution in [0, 0.1) is 5.41 Å². The van der Waals surface area contributed by atoms with Gasteiger partial charge >= 0.3 is 0 Å². The van der Waals surface area contributed by atoms with Gasteiger partial charge in [-0.25, -0.2) is 0 Å². The van der Waals surface area contributed by atoms with E-state index in [1.165, 1.54) is 5.56 Å². The van der Waals surface area contributed by atoms with E-state index in [0.29, 0.717) is 12.5 Å². The van der Waals surface area contributed by atoms with Crippen molar-refractivity contribution in [2.75, 3.05) is 13.2 Å². The van der Waals surface area contributed by atoms with Gasteiger partial charge in [0.15, 0.2) is 0 Å². The van der Waals surface area contributed by atoms with Crippen LogP contribution in [0.3, 0.4) is 0 Å². The normalized spacial score (nSPS) is 18.7. The molecule has 0 radical (unpaired) electrons. The molecule has 0 aromatic heterocycles. The van der Waals surface area contributed by atoms with Crippen LogP contribution in [0.25, 0.3) is 0 Å². The molecular formula is C15H21NO2. The predicted octanol–water partition coefficient (Wildman–Crippen LogP) is 2.72. The molecule has 0 spiro atoms. The maximum absolute atomic E-state index is 11.9. The summed E-state index contributed by atoms with van der Waals surface area (Å²) in [6.45, 7) is 7.21. The summed E-state index contributed by atoms with van der Waals surface area (Å²) >= 11 is 0. The number of benzene rings is 1. The monoisotopic (exact) mass is 247 g/mol. The summed E-state index contributed by atoms with van der Waals surface area (Å²) in [5.41, 5.74) is 0.878. The highest BCUT2D eigenvalue weighted by Crippen LogP contribution is 2.32. The lowest BCUT2D eigenvalue weighted by atomic mass is 9.91. The fourth-order valence-electron chi connectivity index (χ4n) is 2.11. The van der Waals surface area contributed by atoms with Crippen LogP contribution in [-0.4, -0.2) is 19.1 Å². The molecule has 0 bridgehead atoms. The lowest BCUT2D eigenvalue weighted by Gasteiger charge is -2.27. The predicted molar refractivity (Wildman–Crippen MR) is 71.8 cm³/mol. The van der Waals surface area contributed by atoms with Gasteiger partial charge in [-0.1, -0.05) is 39.0 Å². The van der Waals surface area contributed by atoms with Crippen LogP contribution in [-0.2, 0) is 4.79 Å². The molecule has 1 aliphatic rings. The van der Waals surface area contributed by atoms with E-state index in [1.54, 1.807) is 0 Å². The van der Waals surface area contributed by atoms with Gasteiger partial charge in [0, 0.05) is 17.9 Å². The standard InChI is InChI=1S/C15H21NO2/c1-15(2,3)14(17)16-10-11-8-9-18-13-7-5-4-6-12(11)13/h4-7,11H,8-10H2,1-3H3,(H,16,17). The second-order valence-corrected chi connectivity index (χ2v) is 5.83. The van der Waals surface area contributed by atoms with E-state index in [-0.39, 0.29) is 11.3 Å². The van der Waals surface area contributed by atoms with Gasteiger partial charge in [0.05, 0.1) is 6.61 Å². The summed E-state index contributed by atoms with van der Waals surface area (Å²) in [7, 11) is 0. The Balaban J connectivity index is 2.02. The van der Waals surface area contributed by atoms with Crippen molar-refractivity contribution < 1.29 is 9.53 Å². The Morgan fingerprint density at radius 3 is 2.83 bits per heavy atom. The first-order valence-electron chi connectivity index (χ1n) is 6.48. The Kier molecular flexibility index (Phi) is 3.60. The van der Waals surface area contributed by atoms with Crippen molar-refractivity contribution in [3.63, 3.8) is 0 Å². The molecule has 1 aromatic carbocycles. The van der Waals surface area contributed by atoms with Crippen molar-refractivity contribution in [2.45, 2.75) is 33.1 Å². The van der Waals surface area contributed by atoms with Crippen molar-refractivity contribution in [1.82, 2.24) is 5.32 Å². The van der Waals surface area contributed by atoms with Crippen LogP contribution in [0.15, 0.2) is 24.3 Å². The molecule has 3 nitrogen and oxygen atoms in total. The first kappa shape index (κ1) is 12.9. The molecule has 1 heterocycles. The average molecular weight is 247 g/mol. The second-order valence-electron chi connectivity index (χ2n) is 5.83. The van der Waals surface area contributed by atoms with Gasteiger partial charge < -0.3 is 10.1 Å². The van der Waals surface area contributed by atoms with Gasteiger partial charge in [-0.05, 0) is 18.1 Å². The molecule has 0 fully saturated rings. The molecule has 1 atom stereocenters. The molecule has 0 saturated carbocycles.